The highest BCUT2D eigenvalue weighted by Crippen LogP contribution is 2.31. The summed E-state index contributed by atoms with van der Waals surface area (Å²) in [6.07, 6.45) is 0.978. The zero-order chi connectivity index (χ0) is 10.7. The molecule has 2 rings (SSSR count). The molecule has 0 unspecified atom stereocenters. The van der Waals surface area contributed by atoms with Crippen LogP contribution in [0.1, 0.15) is 12.5 Å². The molecule has 80 valence electrons. The first kappa shape index (κ1) is 10.2. The lowest BCUT2D eigenvalue weighted by molar-refractivity contribution is -0.129. The van der Waals surface area contributed by atoms with Gasteiger partial charge < -0.3 is 14.3 Å². The normalized spacial score (nSPS) is 17.9. The molecular formula is C12H14O3. The van der Waals surface area contributed by atoms with E-state index in [0.717, 1.165) is 17.6 Å². The Labute approximate surface area is 89.0 Å². The summed E-state index contributed by atoms with van der Waals surface area (Å²) in [5, 5.41) is 0. The molecule has 15 heavy (non-hydrogen) atoms. The van der Waals surface area contributed by atoms with Crippen molar-refractivity contribution in [3.8, 4) is 5.75 Å². The number of carbonyl (C=O) groups is 1. The molecule has 0 atom stereocenters. The van der Waals surface area contributed by atoms with Gasteiger partial charge in [-0.2, -0.15) is 0 Å². The summed E-state index contributed by atoms with van der Waals surface area (Å²) < 4.78 is 10.4. The van der Waals surface area contributed by atoms with Crippen LogP contribution in [0.15, 0.2) is 24.3 Å². The molecule has 0 N–H and O–H groups in total. The fraction of sp³-hybridized carbons (Fsp3) is 0.417. The highest BCUT2D eigenvalue weighted by molar-refractivity contribution is 5.70. The van der Waals surface area contributed by atoms with Gasteiger partial charge in [0.2, 0.25) is 0 Å². The first-order chi connectivity index (χ1) is 7.30. The van der Waals surface area contributed by atoms with Crippen LogP contribution in [0.25, 0.3) is 0 Å². The Bertz CT molecular complexity index is 338. The molecule has 1 saturated heterocycles. The fourth-order valence-electron chi connectivity index (χ4n) is 1.67. The van der Waals surface area contributed by atoms with Gasteiger partial charge in [0.15, 0.2) is 0 Å². The zero-order valence-electron chi connectivity index (χ0n) is 8.73. The molecule has 0 aromatic heterocycles. The number of aldehydes is 1. The number of hydrogen-bond acceptors (Lipinski definition) is 3. The summed E-state index contributed by atoms with van der Waals surface area (Å²) in [7, 11) is 0. The van der Waals surface area contributed by atoms with Crippen LogP contribution in [-0.4, -0.2) is 26.1 Å². The maximum atomic E-state index is 11.0. The monoisotopic (exact) mass is 206 g/mol. The molecule has 0 saturated carbocycles. The lowest BCUT2D eigenvalue weighted by atomic mass is 9.80. The van der Waals surface area contributed by atoms with E-state index in [0.29, 0.717) is 19.8 Å². The van der Waals surface area contributed by atoms with Crippen molar-refractivity contribution < 1.29 is 14.3 Å². The van der Waals surface area contributed by atoms with E-state index in [1.54, 1.807) is 0 Å². The number of benzene rings is 1. The third-order valence-electron chi connectivity index (χ3n) is 2.69. The number of rotatable bonds is 4. The van der Waals surface area contributed by atoms with E-state index in [1.165, 1.54) is 0 Å². The van der Waals surface area contributed by atoms with Crippen LogP contribution in [0, 0.1) is 0 Å². The molecule has 0 spiro atoms. The highest BCUT2D eigenvalue weighted by atomic mass is 16.5. The summed E-state index contributed by atoms with van der Waals surface area (Å²) in [5.41, 5.74) is 0.595. The van der Waals surface area contributed by atoms with Crippen LogP contribution in [0.4, 0.5) is 0 Å². The summed E-state index contributed by atoms with van der Waals surface area (Å²) in [6, 6.07) is 7.65. The molecule has 1 aliphatic heterocycles. The van der Waals surface area contributed by atoms with Gasteiger partial charge in [-0.25, -0.2) is 0 Å². The predicted molar refractivity (Wildman–Crippen MR) is 56.2 cm³/mol. The van der Waals surface area contributed by atoms with Crippen LogP contribution in [0.3, 0.4) is 0 Å². The van der Waals surface area contributed by atoms with Gasteiger partial charge in [0.05, 0.1) is 25.2 Å². The molecule has 3 nitrogen and oxygen atoms in total. The quantitative estimate of drug-likeness (QED) is 0.701. The van der Waals surface area contributed by atoms with Crippen molar-refractivity contribution in [2.24, 2.45) is 0 Å². The molecule has 1 aromatic carbocycles. The average Bonchev–Trinajstić information content (AvgIpc) is 2.20. The van der Waals surface area contributed by atoms with Gasteiger partial charge >= 0.3 is 0 Å². The van der Waals surface area contributed by atoms with Gasteiger partial charge in [-0.05, 0) is 24.6 Å². The van der Waals surface area contributed by atoms with Crippen LogP contribution in [-0.2, 0) is 14.9 Å². The SMILES string of the molecule is CCOc1ccc(C2(C=O)COC2)cc1. The molecule has 0 radical (unpaired) electrons. The third-order valence-corrected chi connectivity index (χ3v) is 2.69. The van der Waals surface area contributed by atoms with Crippen LogP contribution < -0.4 is 4.74 Å². The Morgan fingerprint density at radius 1 is 1.40 bits per heavy atom. The van der Waals surface area contributed by atoms with Crippen molar-refractivity contribution in [3.05, 3.63) is 29.8 Å². The maximum Gasteiger partial charge on any atom is 0.135 e. The second-order valence-corrected chi connectivity index (χ2v) is 3.72. The van der Waals surface area contributed by atoms with Crippen molar-refractivity contribution in [3.63, 3.8) is 0 Å². The van der Waals surface area contributed by atoms with Crippen molar-refractivity contribution in [2.45, 2.75) is 12.3 Å². The highest BCUT2D eigenvalue weighted by Gasteiger charge is 2.40. The lowest BCUT2D eigenvalue weighted by Gasteiger charge is -2.36. The van der Waals surface area contributed by atoms with Crippen LogP contribution in [0.5, 0.6) is 5.75 Å². The predicted octanol–water partition coefficient (Wildman–Crippen LogP) is 1.55. The zero-order valence-corrected chi connectivity index (χ0v) is 8.73. The van der Waals surface area contributed by atoms with Gasteiger partial charge in [-0.15, -0.1) is 0 Å². The van der Waals surface area contributed by atoms with Gasteiger partial charge in [0.1, 0.15) is 12.0 Å². The molecule has 0 aliphatic carbocycles. The molecule has 1 aliphatic rings. The number of carbonyl (C=O) groups excluding carboxylic acids is 1. The minimum atomic E-state index is -0.412. The largest absolute Gasteiger partial charge is 0.494 e. The van der Waals surface area contributed by atoms with Gasteiger partial charge in [0.25, 0.3) is 0 Å². The summed E-state index contributed by atoms with van der Waals surface area (Å²) in [4.78, 5) is 11.0. The Kier molecular flexibility index (Phi) is 2.73. The summed E-state index contributed by atoms with van der Waals surface area (Å²) in [5.74, 6) is 0.836. The Morgan fingerprint density at radius 3 is 2.47 bits per heavy atom. The minimum Gasteiger partial charge on any atom is -0.494 e. The van der Waals surface area contributed by atoms with Crippen LogP contribution >= 0.6 is 0 Å². The lowest BCUT2D eigenvalue weighted by Crippen LogP contribution is -2.48. The van der Waals surface area contributed by atoms with Gasteiger partial charge in [-0.1, -0.05) is 12.1 Å². The van der Waals surface area contributed by atoms with E-state index in [4.69, 9.17) is 9.47 Å². The number of ether oxygens (including phenoxy) is 2. The van der Waals surface area contributed by atoms with Crippen LogP contribution in [0.2, 0.25) is 0 Å². The molecular weight excluding hydrogens is 192 g/mol. The number of hydrogen-bond donors (Lipinski definition) is 0. The first-order valence-electron chi connectivity index (χ1n) is 5.08. The minimum absolute atomic E-state index is 0.412. The Morgan fingerprint density at radius 2 is 2.07 bits per heavy atom. The average molecular weight is 206 g/mol. The summed E-state index contributed by atoms with van der Waals surface area (Å²) >= 11 is 0. The standard InChI is InChI=1S/C12H14O3/c1-2-15-11-5-3-10(4-6-11)12(7-13)8-14-9-12/h3-7H,2,8-9H2,1H3. The first-order valence-corrected chi connectivity index (χ1v) is 5.08. The van der Waals surface area contributed by atoms with E-state index in [-0.39, 0.29) is 0 Å². The second-order valence-electron chi connectivity index (χ2n) is 3.72. The van der Waals surface area contributed by atoms with E-state index < -0.39 is 5.41 Å². The Hall–Kier alpha value is -1.35. The maximum absolute atomic E-state index is 11.0. The van der Waals surface area contributed by atoms with Crippen molar-refractivity contribution in [1.29, 1.82) is 0 Å². The fourth-order valence-corrected chi connectivity index (χ4v) is 1.67. The van der Waals surface area contributed by atoms with Gasteiger partial charge in [-0.3, -0.25) is 0 Å². The van der Waals surface area contributed by atoms with E-state index in [9.17, 15) is 4.79 Å². The molecule has 0 amide bonds. The molecule has 0 bridgehead atoms. The topological polar surface area (TPSA) is 35.5 Å². The van der Waals surface area contributed by atoms with Crippen molar-refractivity contribution in [2.75, 3.05) is 19.8 Å². The third kappa shape index (κ3) is 1.75. The second kappa shape index (κ2) is 4.03. The van der Waals surface area contributed by atoms with Crippen molar-refractivity contribution >= 4 is 6.29 Å². The molecule has 1 aromatic rings. The van der Waals surface area contributed by atoms with Crippen molar-refractivity contribution in [1.82, 2.24) is 0 Å². The molecule has 1 heterocycles. The smallest absolute Gasteiger partial charge is 0.135 e. The molecule has 1 fully saturated rings. The van der Waals surface area contributed by atoms with E-state index in [2.05, 4.69) is 0 Å². The molecule has 3 heteroatoms. The Balaban J connectivity index is 2.19. The van der Waals surface area contributed by atoms with E-state index >= 15 is 0 Å². The van der Waals surface area contributed by atoms with E-state index in [1.807, 2.05) is 31.2 Å². The summed E-state index contributed by atoms with van der Waals surface area (Å²) in [6.45, 7) is 3.58. The van der Waals surface area contributed by atoms with Gasteiger partial charge in [0, 0.05) is 0 Å².